The summed E-state index contributed by atoms with van der Waals surface area (Å²) in [4.78, 5) is 2.54. The van der Waals surface area contributed by atoms with Gasteiger partial charge in [0.1, 0.15) is 0 Å². The molecule has 1 heteroatoms. The van der Waals surface area contributed by atoms with E-state index in [1.54, 1.807) is 0 Å². The molecule has 10 aromatic rings. The van der Waals surface area contributed by atoms with Gasteiger partial charge in [0, 0.05) is 22.4 Å². The Morgan fingerprint density at radius 3 is 1.29 bits per heavy atom. The van der Waals surface area contributed by atoms with Crippen molar-refractivity contribution in [2.45, 2.75) is 24.7 Å². The van der Waals surface area contributed by atoms with Crippen molar-refractivity contribution >= 4 is 17.1 Å². The first-order chi connectivity index (χ1) is 32.0. The van der Waals surface area contributed by atoms with Crippen LogP contribution in [-0.2, 0) is 10.8 Å². The zero-order valence-electron chi connectivity index (χ0n) is 36.5. The second-order valence-electron chi connectivity index (χ2n) is 18.3. The molecule has 0 atom stereocenters. The van der Waals surface area contributed by atoms with Crippen LogP contribution < -0.4 is 4.90 Å². The number of nitrogens with zero attached hydrogens (tertiary/aromatic N) is 1. The van der Waals surface area contributed by atoms with Crippen LogP contribution in [0.15, 0.2) is 237 Å². The molecule has 0 unspecified atom stereocenters. The molecule has 0 N–H and O–H groups in total. The number of benzene rings is 10. The van der Waals surface area contributed by atoms with Crippen molar-refractivity contribution in [3.05, 3.63) is 270 Å². The SMILES string of the molecule is CC1(C)c2ccccc2-c2c(N(c3ccc(-c4ccccc4)cc3)c3ccc4c(c3)C3(c5ccccc5-c5ccccc5-c5ccccc53)c3ccccc3-4)ccc(-c3ccccc3)c21. The van der Waals surface area contributed by atoms with Gasteiger partial charge in [-0.25, -0.2) is 0 Å². The third kappa shape index (κ3) is 5.33. The van der Waals surface area contributed by atoms with Crippen molar-refractivity contribution in [2.24, 2.45) is 0 Å². The monoisotopic (exact) mass is 827 g/mol. The van der Waals surface area contributed by atoms with Gasteiger partial charge in [-0.3, -0.25) is 0 Å². The molecule has 0 amide bonds. The molecule has 0 heterocycles. The molecule has 3 aliphatic carbocycles. The van der Waals surface area contributed by atoms with Gasteiger partial charge in [0.25, 0.3) is 0 Å². The van der Waals surface area contributed by atoms with Crippen molar-refractivity contribution < 1.29 is 0 Å². The maximum absolute atomic E-state index is 2.54. The van der Waals surface area contributed by atoms with E-state index in [-0.39, 0.29) is 5.41 Å². The smallest absolute Gasteiger partial charge is 0.0726 e. The maximum atomic E-state index is 2.54. The molecule has 0 aliphatic heterocycles. The first-order valence-electron chi connectivity index (χ1n) is 22.8. The minimum atomic E-state index is -0.593. The van der Waals surface area contributed by atoms with E-state index in [1.165, 1.54) is 106 Å². The predicted octanol–water partition coefficient (Wildman–Crippen LogP) is 16.8. The Morgan fingerprint density at radius 1 is 0.292 bits per heavy atom. The van der Waals surface area contributed by atoms with Gasteiger partial charge < -0.3 is 4.90 Å². The van der Waals surface area contributed by atoms with E-state index < -0.39 is 5.41 Å². The molecular weight excluding hydrogens is 783 g/mol. The minimum absolute atomic E-state index is 0.234. The summed E-state index contributed by atoms with van der Waals surface area (Å²) >= 11 is 0. The molecule has 1 spiro atoms. The molecule has 13 rings (SSSR count). The molecule has 0 saturated carbocycles. The van der Waals surface area contributed by atoms with E-state index in [9.17, 15) is 0 Å². The summed E-state index contributed by atoms with van der Waals surface area (Å²) in [6.45, 7) is 4.81. The second kappa shape index (κ2) is 14.3. The fraction of sp³-hybridized carbons (Fsp3) is 0.0625. The summed E-state index contributed by atoms with van der Waals surface area (Å²) in [7, 11) is 0. The summed E-state index contributed by atoms with van der Waals surface area (Å²) in [5.74, 6) is 0. The van der Waals surface area contributed by atoms with Gasteiger partial charge in [0.15, 0.2) is 0 Å². The molecule has 0 radical (unpaired) electrons. The highest BCUT2D eigenvalue weighted by atomic mass is 15.1. The molecule has 10 aromatic carbocycles. The number of hydrogen-bond donors (Lipinski definition) is 0. The minimum Gasteiger partial charge on any atom is -0.310 e. The highest BCUT2D eigenvalue weighted by molar-refractivity contribution is 6.01. The zero-order valence-corrected chi connectivity index (χ0v) is 36.5. The van der Waals surface area contributed by atoms with Crippen LogP contribution in [-0.4, -0.2) is 0 Å². The Bertz CT molecular complexity index is 3440. The summed E-state index contributed by atoms with van der Waals surface area (Å²) in [6.07, 6.45) is 0. The maximum Gasteiger partial charge on any atom is 0.0726 e. The molecule has 0 bridgehead atoms. The van der Waals surface area contributed by atoms with E-state index in [0.717, 1.165) is 11.4 Å². The molecule has 306 valence electrons. The number of hydrogen-bond acceptors (Lipinski definition) is 1. The van der Waals surface area contributed by atoms with E-state index in [0.29, 0.717) is 0 Å². The average molecular weight is 828 g/mol. The van der Waals surface area contributed by atoms with Crippen LogP contribution in [0.5, 0.6) is 0 Å². The Labute approximate surface area is 381 Å². The Hall–Kier alpha value is -8.00. The summed E-state index contributed by atoms with van der Waals surface area (Å²) < 4.78 is 0. The van der Waals surface area contributed by atoms with E-state index in [4.69, 9.17) is 0 Å². The van der Waals surface area contributed by atoms with Gasteiger partial charge in [0.05, 0.1) is 11.1 Å². The van der Waals surface area contributed by atoms with Gasteiger partial charge in [-0.1, -0.05) is 220 Å². The summed E-state index contributed by atoms with van der Waals surface area (Å²) in [6, 6.07) is 88.5. The van der Waals surface area contributed by atoms with Gasteiger partial charge >= 0.3 is 0 Å². The lowest BCUT2D eigenvalue weighted by Gasteiger charge is -2.36. The predicted molar refractivity (Wildman–Crippen MR) is 271 cm³/mol. The normalized spacial score (nSPS) is 13.9. The standard InChI is InChI=1S/C64H45N/c1-63(2)55-29-15-14-28-54(55)61-60(40-39-47(62(61)63)44-21-7-4-8-22-44)65(45-35-33-43(34-36-45)42-19-5-3-6-20-42)46-37-38-53-52-27-13-18-32-58(52)64(59(53)41-46)56-30-16-11-25-50(56)48-23-9-10-24-49(48)51-26-12-17-31-57(51)64/h3-41H,1-2H3. The average Bonchev–Trinajstić information content (AvgIpc) is 3.76. The van der Waals surface area contributed by atoms with Crippen molar-refractivity contribution in [1.29, 1.82) is 0 Å². The molecule has 65 heavy (non-hydrogen) atoms. The first kappa shape index (κ1) is 37.5. The van der Waals surface area contributed by atoms with Gasteiger partial charge in [-0.05, 0) is 125 Å². The molecule has 0 saturated heterocycles. The largest absolute Gasteiger partial charge is 0.310 e. The second-order valence-corrected chi connectivity index (χ2v) is 18.3. The third-order valence-electron chi connectivity index (χ3n) is 14.7. The number of rotatable bonds is 5. The first-order valence-corrected chi connectivity index (χ1v) is 22.8. The van der Waals surface area contributed by atoms with Crippen molar-refractivity contribution in [3.8, 4) is 66.8 Å². The van der Waals surface area contributed by atoms with Crippen molar-refractivity contribution in [3.63, 3.8) is 0 Å². The fourth-order valence-electron chi connectivity index (χ4n) is 12.0. The molecular formula is C64H45N. The Balaban J connectivity index is 1.12. The van der Waals surface area contributed by atoms with Crippen LogP contribution in [0.2, 0.25) is 0 Å². The van der Waals surface area contributed by atoms with Gasteiger partial charge in [-0.15, -0.1) is 0 Å². The molecule has 3 aliphatic rings. The lowest BCUT2D eigenvalue weighted by Crippen LogP contribution is -2.29. The van der Waals surface area contributed by atoms with E-state index in [2.05, 4.69) is 255 Å². The summed E-state index contributed by atoms with van der Waals surface area (Å²) in [5, 5.41) is 0. The molecule has 0 aromatic heterocycles. The van der Waals surface area contributed by atoms with Crippen LogP contribution >= 0.6 is 0 Å². The van der Waals surface area contributed by atoms with Gasteiger partial charge in [-0.2, -0.15) is 0 Å². The van der Waals surface area contributed by atoms with E-state index in [1.807, 2.05) is 0 Å². The van der Waals surface area contributed by atoms with Crippen LogP contribution in [0, 0.1) is 0 Å². The third-order valence-corrected chi connectivity index (χ3v) is 14.7. The fourth-order valence-corrected chi connectivity index (χ4v) is 12.0. The van der Waals surface area contributed by atoms with Crippen molar-refractivity contribution in [1.82, 2.24) is 0 Å². The quantitative estimate of drug-likeness (QED) is 0.167. The Kier molecular flexibility index (Phi) is 8.24. The molecule has 1 nitrogen and oxygen atoms in total. The van der Waals surface area contributed by atoms with Crippen LogP contribution in [0.4, 0.5) is 17.1 Å². The van der Waals surface area contributed by atoms with Crippen LogP contribution in [0.3, 0.4) is 0 Å². The lowest BCUT2D eigenvalue weighted by atomic mass is 9.66. The summed E-state index contributed by atoms with van der Waals surface area (Å²) in [5.41, 5.74) is 25.7. The van der Waals surface area contributed by atoms with Crippen LogP contribution in [0.1, 0.15) is 47.2 Å². The van der Waals surface area contributed by atoms with Crippen LogP contribution in [0.25, 0.3) is 66.8 Å². The molecule has 0 fully saturated rings. The topological polar surface area (TPSA) is 3.24 Å². The highest BCUT2D eigenvalue weighted by Crippen LogP contribution is 2.63. The van der Waals surface area contributed by atoms with Crippen molar-refractivity contribution in [2.75, 3.05) is 4.90 Å². The van der Waals surface area contributed by atoms with Gasteiger partial charge in [0.2, 0.25) is 0 Å². The zero-order chi connectivity index (χ0) is 43.3. The van der Waals surface area contributed by atoms with E-state index >= 15 is 0 Å². The Morgan fingerprint density at radius 2 is 0.708 bits per heavy atom. The number of fused-ring (bicyclic) bond motifs is 15. The number of anilines is 3. The lowest BCUT2D eigenvalue weighted by molar-refractivity contribution is 0.662. The highest BCUT2D eigenvalue weighted by Gasteiger charge is 2.50.